The van der Waals surface area contributed by atoms with Crippen LogP contribution in [0.15, 0.2) is 53.6 Å². The van der Waals surface area contributed by atoms with Gasteiger partial charge in [-0.15, -0.1) is 0 Å². The van der Waals surface area contributed by atoms with Crippen molar-refractivity contribution in [1.82, 2.24) is 4.90 Å². The predicted octanol–water partition coefficient (Wildman–Crippen LogP) is 3.72. The Morgan fingerprint density at radius 1 is 1.20 bits per heavy atom. The van der Waals surface area contributed by atoms with E-state index in [1.54, 1.807) is 24.3 Å². The van der Waals surface area contributed by atoms with Crippen LogP contribution in [0.5, 0.6) is 0 Å². The van der Waals surface area contributed by atoms with E-state index in [1.807, 2.05) is 17.3 Å². The van der Waals surface area contributed by atoms with Gasteiger partial charge in [0.1, 0.15) is 5.82 Å². The van der Waals surface area contributed by atoms with Crippen LogP contribution in [0.25, 0.3) is 0 Å². The van der Waals surface area contributed by atoms with Gasteiger partial charge in [0.05, 0.1) is 22.3 Å². The van der Waals surface area contributed by atoms with Crippen LogP contribution >= 0.6 is 0 Å². The van der Waals surface area contributed by atoms with Crippen LogP contribution in [-0.2, 0) is 6.54 Å². The van der Waals surface area contributed by atoms with E-state index in [9.17, 15) is 19.6 Å². The molecule has 1 fully saturated rings. The first-order valence-electron chi connectivity index (χ1n) is 10.2. The summed E-state index contributed by atoms with van der Waals surface area (Å²) in [5.41, 5.74) is 1.04. The van der Waals surface area contributed by atoms with E-state index in [1.165, 1.54) is 18.2 Å². The van der Waals surface area contributed by atoms with Gasteiger partial charge >= 0.3 is 0 Å². The summed E-state index contributed by atoms with van der Waals surface area (Å²) in [6, 6.07) is 13.0. The first kappa shape index (κ1) is 20.4. The zero-order valence-corrected chi connectivity index (χ0v) is 16.7. The Labute approximate surface area is 174 Å². The number of anilines is 1. The van der Waals surface area contributed by atoms with E-state index in [4.69, 9.17) is 0 Å². The summed E-state index contributed by atoms with van der Waals surface area (Å²) in [5.74, 6) is -0.284. The number of piperidine rings is 1. The number of likely N-dealkylation sites (tertiary alicyclic amines) is 1. The molecule has 0 amide bonds. The average molecular weight is 412 g/mol. The molecule has 2 aromatic rings. The van der Waals surface area contributed by atoms with Crippen molar-refractivity contribution in [1.29, 1.82) is 0 Å². The third-order valence-corrected chi connectivity index (χ3v) is 5.95. The van der Waals surface area contributed by atoms with E-state index in [-0.39, 0.29) is 22.5 Å². The maximum atomic E-state index is 13.2. The zero-order chi connectivity index (χ0) is 21.1. The lowest BCUT2D eigenvalue weighted by atomic mass is 9.84. The second kappa shape index (κ2) is 8.49. The molecule has 0 spiro atoms. The molecule has 0 aromatic heterocycles. The number of hydrogen-bond donors (Lipinski definition) is 1. The largest absolute Gasteiger partial charge is 0.390 e. The first-order chi connectivity index (χ1) is 14.4. The van der Waals surface area contributed by atoms with Crippen molar-refractivity contribution >= 4 is 17.6 Å². The van der Waals surface area contributed by atoms with Gasteiger partial charge in [-0.1, -0.05) is 12.1 Å². The summed E-state index contributed by atoms with van der Waals surface area (Å²) in [6.45, 7) is 2.08. The molecule has 0 bridgehead atoms. The first-order valence-corrected chi connectivity index (χ1v) is 10.2. The fourth-order valence-electron chi connectivity index (χ4n) is 4.29. The molecule has 2 aliphatic rings. The lowest BCUT2D eigenvalue weighted by Crippen LogP contribution is -2.47. The molecule has 1 unspecified atom stereocenters. The fourth-order valence-corrected chi connectivity index (χ4v) is 4.29. The van der Waals surface area contributed by atoms with E-state index < -0.39 is 5.60 Å². The summed E-state index contributed by atoms with van der Waals surface area (Å²) in [4.78, 5) is 12.8. The highest BCUT2D eigenvalue weighted by Gasteiger charge is 2.37. The van der Waals surface area contributed by atoms with Gasteiger partial charge in [0.2, 0.25) is 0 Å². The van der Waals surface area contributed by atoms with Gasteiger partial charge in [-0.2, -0.15) is 5.10 Å². The Balaban J connectivity index is 1.34. The summed E-state index contributed by atoms with van der Waals surface area (Å²) in [7, 11) is 0. The van der Waals surface area contributed by atoms with Crippen LogP contribution in [0, 0.1) is 15.9 Å². The standard InChI is InChI=1S/C22H25FN4O3/c23-18-4-6-19(7-5-18)26-21(8-11-24-26)15-22(28)9-12-25(13-10-22)16-17-2-1-3-20(14-17)27(29)30/h1-7,11,14,21,28H,8-10,12-13,15-16H2. The smallest absolute Gasteiger partial charge is 0.269 e. The van der Waals surface area contributed by atoms with Gasteiger partial charge < -0.3 is 5.11 Å². The lowest BCUT2D eigenvalue weighted by Gasteiger charge is -2.40. The van der Waals surface area contributed by atoms with Gasteiger partial charge in [0.15, 0.2) is 0 Å². The fraction of sp³-hybridized carbons (Fsp3) is 0.409. The SMILES string of the molecule is O=[N+]([O-])c1cccc(CN2CCC(O)(CC3CC=NN3c3ccc(F)cc3)CC2)c1. The van der Waals surface area contributed by atoms with Crippen molar-refractivity contribution in [3.05, 3.63) is 70.0 Å². The Morgan fingerprint density at radius 2 is 1.93 bits per heavy atom. The molecule has 4 rings (SSSR count). The van der Waals surface area contributed by atoms with E-state index >= 15 is 0 Å². The number of hydrazone groups is 1. The normalized spacial score (nSPS) is 21.1. The quantitative estimate of drug-likeness (QED) is 0.578. The summed E-state index contributed by atoms with van der Waals surface area (Å²) in [6.07, 6.45) is 4.45. The van der Waals surface area contributed by atoms with Gasteiger partial charge in [-0.25, -0.2) is 4.39 Å². The number of nitrogens with zero attached hydrogens (tertiary/aromatic N) is 4. The summed E-state index contributed by atoms with van der Waals surface area (Å²) >= 11 is 0. The number of benzene rings is 2. The van der Waals surface area contributed by atoms with Gasteiger partial charge in [-0.05, 0) is 49.1 Å². The number of rotatable bonds is 6. The zero-order valence-electron chi connectivity index (χ0n) is 16.7. The molecule has 158 valence electrons. The van der Waals surface area contributed by atoms with Crippen LogP contribution in [0.1, 0.15) is 31.2 Å². The lowest BCUT2D eigenvalue weighted by molar-refractivity contribution is -0.384. The monoisotopic (exact) mass is 412 g/mol. The molecule has 30 heavy (non-hydrogen) atoms. The number of nitro benzene ring substituents is 1. The second-order valence-electron chi connectivity index (χ2n) is 8.14. The van der Waals surface area contributed by atoms with E-state index in [2.05, 4.69) is 10.0 Å². The Kier molecular flexibility index (Phi) is 5.78. The minimum Gasteiger partial charge on any atom is -0.390 e. The predicted molar refractivity (Wildman–Crippen MR) is 113 cm³/mol. The minimum atomic E-state index is -0.782. The number of halogens is 1. The number of non-ortho nitro benzene ring substituents is 1. The van der Waals surface area contributed by atoms with Crippen molar-refractivity contribution in [2.75, 3.05) is 18.1 Å². The molecular formula is C22H25FN4O3. The number of hydrogen-bond acceptors (Lipinski definition) is 6. The third kappa shape index (κ3) is 4.66. The van der Waals surface area contributed by atoms with E-state index in [0.29, 0.717) is 25.8 Å². The Morgan fingerprint density at radius 3 is 2.63 bits per heavy atom. The maximum absolute atomic E-state index is 13.2. The molecule has 1 N–H and O–H groups in total. The van der Waals surface area contributed by atoms with E-state index in [0.717, 1.165) is 30.8 Å². The van der Waals surface area contributed by atoms with Crippen LogP contribution in [-0.4, -0.2) is 45.9 Å². The Hall–Kier alpha value is -2.84. The average Bonchev–Trinajstić information content (AvgIpc) is 3.18. The molecule has 0 aliphatic carbocycles. The maximum Gasteiger partial charge on any atom is 0.269 e. The van der Waals surface area contributed by atoms with Crippen LogP contribution in [0.4, 0.5) is 15.8 Å². The van der Waals surface area contributed by atoms with Gasteiger partial charge in [-0.3, -0.25) is 20.0 Å². The van der Waals surface area contributed by atoms with Crippen molar-refractivity contribution in [2.45, 2.75) is 43.9 Å². The molecule has 2 aliphatic heterocycles. The molecule has 0 radical (unpaired) electrons. The van der Waals surface area contributed by atoms with Crippen LogP contribution in [0.3, 0.4) is 0 Å². The molecule has 8 heteroatoms. The van der Waals surface area contributed by atoms with Crippen LogP contribution < -0.4 is 5.01 Å². The highest BCUT2D eigenvalue weighted by molar-refractivity contribution is 5.66. The van der Waals surface area contributed by atoms with Crippen LogP contribution in [0.2, 0.25) is 0 Å². The highest BCUT2D eigenvalue weighted by atomic mass is 19.1. The molecular weight excluding hydrogens is 387 g/mol. The molecule has 7 nitrogen and oxygen atoms in total. The van der Waals surface area contributed by atoms with Crippen molar-refractivity contribution in [2.24, 2.45) is 5.10 Å². The summed E-state index contributed by atoms with van der Waals surface area (Å²) < 4.78 is 13.2. The molecule has 2 aromatic carbocycles. The number of aliphatic hydroxyl groups is 1. The van der Waals surface area contributed by atoms with Crippen molar-refractivity contribution in [3.8, 4) is 0 Å². The molecule has 2 heterocycles. The molecule has 1 atom stereocenters. The van der Waals surface area contributed by atoms with Crippen molar-refractivity contribution in [3.63, 3.8) is 0 Å². The topological polar surface area (TPSA) is 82.2 Å². The third-order valence-electron chi connectivity index (χ3n) is 5.95. The van der Waals surface area contributed by atoms with Gasteiger partial charge in [0, 0.05) is 44.4 Å². The molecule has 0 saturated carbocycles. The summed E-state index contributed by atoms with van der Waals surface area (Å²) in [5, 5.41) is 28.4. The number of nitro groups is 1. The minimum absolute atomic E-state index is 0.0452. The highest BCUT2D eigenvalue weighted by Crippen LogP contribution is 2.33. The second-order valence-corrected chi connectivity index (χ2v) is 8.14. The molecule has 1 saturated heterocycles. The van der Waals surface area contributed by atoms with Gasteiger partial charge in [0.25, 0.3) is 5.69 Å². The van der Waals surface area contributed by atoms with Crippen molar-refractivity contribution < 1.29 is 14.4 Å². The Bertz CT molecular complexity index is 926.